The summed E-state index contributed by atoms with van der Waals surface area (Å²) in [5.41, 5.74) is 0.619. The lowest BCUT2D eigenvalue weighted by Crippen LogP contribution is -2.00. The molecule has 15 heavy (non-hydrogen) atoms. The van der Waals surface area contributed by atoms with Crippen molar-refractivity contribution in [1.82, 2.24) is 0 Å². The Labute approximate surface area is 87.8 Å². The van der Waals surface area contributed by atoms with Crippen molar-refractivity contribution < 1.29 is 18.3 Å². The molecular formula is C10H7F3OS. The predicted molar refractivity (Wildman–Crippen MR) is 52.7 cm³/mol. The first-order valence-electron chi connectivity index (χ1n) is 4.21. The summed E-state index contributed by atoms with van der Waals surface area (Å²) < 4.78 is 37.7. The van der Waals surface area contributed by atoms with Crippen LogP contribution < -0.4 is 0 Å². The van der Waals surface area contributed by atoms with Gasteiger partial charge in [-0.25, -0.2) is 0 Å². The number of thiophene rings is 1. The molecule has 0 atom stereocenters. The van der Waals surface area contributed by atoms with Crippen molar-refractivity contribution >= 4 is 21.4 Å². The molecule has 0 saturated heterocycles. The number of alkyl halides is 3. The Morgan fingerprint density at radius 2 is 1.93 bits per heavy atom. The number of benzene rings is 1. The van der Waals surface area contributed by atoms with Crippen molar-refractivity contribution in [1.29, 1.82) is 0 Å². The van der Waals surface area contributed by atoms with E-state index < -0.39 is 11.1 Å². The van der Waals surface area contributed by atoms with E-state index in [1.54, 1.807) is 18.2 Å². The number of fused-ring (bicyclic) bond motifs is 1. The van der Waals surface area contributed by atoms with E-state index in [4.69, 9.17) is 5.11 Å². The van der Waals surface area contributed by atoms with E-state index >= 15 is 0 Å². The number of halogens is 3. The largest absolute Gasteiger partial charge is 0.425 e. The van der Waals surface area contributed by atoms with Crippen molar-refractivity contribution in [3.8, 4) is 0 Å². The van der Waals surface area contributed by atoms with E-state index in [0.29, 0.717) is 27.0 Å². The monoisotopic (exact) mass is 232 g/mol. The number of aliphatic hydroxyl groups excluding tert-OH is 1. The molecular weight excluding hydrogens is 225 g/mol. The van der Waals surface area contributed by atoms with Crippen molar-refractivity contribution in [3.63, 3.8) is 0 Å². The number of aliphatic hydroxyl groups is 1. The summed E-state index contributed by atoms with van der Waals surface area (Å²) in [5.74, 6) is 0. The van der Waals surface area contributed by atoms with Crippen molar-refractivity contribution in [2.75, 3.05) is 0 Å². The molecule has 1 aromatic carbocycles. The molecule has 1 nitrogen and oxygen atoms in total. The zero-order chi connectivity index (χ0) is 11.1. The normalized spacial score (nSPS) is 12.3. The fourth-order valence-corrected chi connectivity index (χ4v) is 2.24. The van der Waals surface area contributed by atoms with Crippen LogP contribution >= 0.6 is 11.3 Å². The molecule has 5 heteroatoms. The zero-order valence-electron chi connectivity index (χ0n) is 7.51. The highest BCUT2D eigenvalue weighted by molar-refractivity contribution is 7.19. The minimum atomic E-state index is -4.29. The van der Waals surface area contributed by atoms with Gasteiger partial charge in [-0.3, -0.25) is 0 Å². The Hall–Kier alpha value is -1.07. The van der Waals surface area contributed by atoms with Gasteiger partial charge in [0.25, 0.3) is 0 Å². The van der Waals surface area contributed by atoms with Crippen LogP contribution in [0.4, 0.5) is 13.2 Å². The van der Waals surface area contributed by atoms with Gasteiger partial charge in [-0.15, -0.1) is 11.3 Å². The highest BCUT2D eigenvalue weighted by Crippen LogP contribution is 2.38. The van der Waals surface area contributed by atoms with Gasteiger partial charge in [0.15, 0.2) is 0 Å². The average Bonchev–Trinajstić information content (AvgIpc) is 2.59. The first-order valence-corrected chi connectivity index (χ1v) is 5.03. The van der Waals surface area contributed by atoms with E-state index in [1.807, 2.05) is 0 Å². The topological polar surface area (TPSA) is 20.2 Å². The summed E-state index contributed by atoms with van der Waals surface area (Å²) in [6, 6.07) is 5.90. The first-order chi connectivity index (χ1) is 7.00. The molecule has 0 aliphatic rings. The fourth-order valence-electron chi connectivity index (χ4n) is 1.33. The van der Waals surface area contributed by atoms with E-state index in [9.17, 15) is 13.2 Å². The van der Waals surface area contributed by atoms with E-state index in [1.165, 1.54) is 0 Å². The van der Waals surface area contributed by atoms with Crippen LogP contribution in [0.5, 0.6) is 0 Å². The molecule has 2 aromatic rings. The van der Waals surface area contributed by atoms with Gasteiger partial charge in [0.1, 0.15) is 4.88 Å². The third-order valence-electron chi connectivity index (χ3n) is 2.04. The molecule has 80 valence electrons. The van der Waals surface area contributed by atoms with Gasteiger partial charge in [0.05, 0.1) is 6.61 Å². The van der Waals surface area contributed by atoms with Gasteiger partial charge in [0.2, 0.25) is 0 Å². The second kappa shape index (κ2) is 3.50. The summed E-state index contributed by atoms with van der Waals surface area (Å²) in [5, 5.41) is 9.37. The van der Waals surface area contributed by atoms with E-state index in [0.717, 1.165) is 6.07 Å². The van der Waals surface area contributed by atoms with E-state index in [-0.39, 0.29) is 6.61 Å². The van der Waals surface area contributed by atoms with Crippen LogP contribution in [0.2, 0.25) is 0 Å². The molecule has 0 bridgehead atoms. The Balaban J connectivity index is 2.56. The summed E-state index contributed by atoms with van der Waals surface area (Å²) in [7, 11) is 0. The van der Waals surface area contributed by atoms with Crippen LogP contribution in [0, 0.1) is 0 Å². The van der Waals surface area contributed by atoms with Gasteiger partial charge in [-0.1, -0.05) is 6.07 Å². The summed E-state index contributed by atoms with van der Waals surface area (Å²) >= 11 is 0.717. The fraction of sp³-hybridized carbons (Fsp3) is 0.200. The lowest BCUT2D eigenvalue weighted by molar-refractivity contribution is -0.134. The lowest BCUT2D eigenvalue weighted by atomic mass is 10.2. The lowest BCUT2D eigenvalue weighted by Gasteiger charge is -1.99. The number of rotatable bonds is 1. The molecule has 0 spiro atoms. The Morgan fingerprint density at radius 3 is 2.53 bits per heavy atom. The molecule has 0 saturated carbocycles. The molecule has 0 radical (unpaired) electrons. The second-order valence-electron chi connectivity index (χ2n) is 3.14. The molecule has 1 aromatic heterocycles. The minimum absolute atomic E-state index is 0.160. The number of hydrogen-bond donors (Lipinski definition) is 1. The van der Waals surface area contributed by atoms with E-state index in [2.05, 4.69) is 0 Å². The van der Waals surface area contributed by atoms with Crippen LogP contribution in [-0.4, -0.2) is 5.11 Å². The van der Waals surface area contributed by atoms with Crippen LogP contribution in [0.3, 0.4) is 0 Å². The second-order valence-corrected chi connectivity index (χ2v) is 4.22. The quantitative estimate of drug-likeness (QED) is 0.798. The zero-order valence-corrected chi connectivity index (χ0v) is 8.32. The minimum Gasteiger partial charge on any atom is -0.392 e. The van der Waals surface area contributed by atoms with Crippen molar-refractivity contribution in [2.24, 2.45) is 0 Å². The van der Waals surface area contributed by atoms with Gasteiger partial charge in [-0.2, -0.15) is 13.2 Å². The van der Waals surface area contributed by atoms with Gasteiger partial charge in [0, 0.05) is 4.70 Å². The molecule has 1 heterocycles. The summed E-state index contributed by atoms with van der Waals surface area (Å²) in [4.78, 5) is -0.604. The highest BCUT2D eigenvalue weighted by Gasteiger charge is 2.32. The summed E-state index contributed by atoms with van der Waals surface area (Å²) in [6.07, 6.45) is -4.29. The van der Waals surface area contributed by atoms with Crippen LogP contribution in [0.15, 0.2) is 24.3 Å². The Morgan fingerprint density at radius 1 is 1.20 bits per heavy atom. The molecule has 0 fully saturated rings. The molecule has 0 aliphatic heterocycles. The average molecular weight is 232 g/mol. The van der Waals surface area contributed by atoms with Crippen molar-refractivity contribution in [2.45, 2.75) is 12.8 Å². The molecule has 0 unspecified atom stereocenters. The molecule has 2 rings (SSSR count). The smallest absolute Gasteiger partial charge is 0.392 e. The van der Waals surface area contributed by atoms with Gasteiger partial charge in [-0.05, 0) is 29.1 Å². The van der Waals surface area contributed by atoms with Crippen molar-refractivity contribution in [3.05, 3.63) is 34.7 Å². The highest BCUT2D eigenvalue weighted by atomic mass is 32.1. The predicted octanol–water partition coefficient (Wildman–Crippen LogP) is 3.41. The first kappa shape index (κ1) is 10.4. The SMILES string of the molecule is OCc1ccc2sc(C(F)(F)F)cc2c1. The van der Waals surface area contributed by atoms with Gasteiger partial charge < -0.3 is 5.11 Å². The standard InChI is InChI=1S/C10H7F3OS/c11-10(12,13)9-4-7-3-6(5-14)1-2-8(7)15-9/h1-4,14H,5H2. The van der Waals surface area contributed by atoms with Crippen LogP contribution in [0.25, 0.3) is 10.1 Å². The van der Waals surface area contributed by atoms with Crippen LogP contribution in [0.1, 0.15) is 10.4 Å². The maximum absolute atomic E-state index is 12.4. The maximum atomic E-state index is 12.4. The third kappa shape index (κ3) is 1.98. The Kier molecular flexibility index (Phi) is 2.44. The van der Waals surface area contributed by atoms with Gasteiger partial charge >= 0.3 is 6.18 Å². The number of hydrogen-bond acceptors (Lipinski definition) is 2. The molecule has 0 aliphatic carbocycles. The molecule has 1 N–H and O–H groups in total. The third-order valence-corrected chi connectivity index (χ3v) is 3.20. The van der Waals surface area contributed by atoms with Crippen LogP contribution in [-0.2, 0) is 12.8 Å². The summed E-state index contributed by atoms with van der Waals surface area (Å²) in [6.45, 7) is -0.160. The molecule has 0 amide bonds. The maximum Gasteiger partial charge on any atom is 0.425 e. The Bertz CT molecular complexity index is 487.